The highest BCUT2D eigenvalue weighted by atomic mass is 16.5. The molecule has 0 atom stereocenters. The largest absolute Gasteiger partial charge is 0.508 e. The maximum Gasteiger partial charge on any atom is 0.335 e. The predicted molar refractivity (Wildman–Crippen MR) is 72.4 cm³/mol. The summed E-state index contributed by atoms with van der Waals surface area (Å²) < 4.78 is 10.7. The second-order valence-electron chi connectivity index (χ2n) is 4.13. The lowest BCUT2D eigenvalue weighted by atomic mass is 10.2. The van der Waals surface area contributed by atoms with Gasteiger partial charge in [0.1, 0.15) is 12.4 Å². The van der Waals surface area contributed by atoms with E-state index in [0.717, 1.165) is 5.56 Å². The number of benzene rings is 2. The third-order valence-electron chi connectivity index (χ3n) is 2.74. The van der Waals surface area contributed by atoms with Crippen molar-refractivity contribution in [3.63, 3.8) is 0 Å². The second kappa shape index (κ2) is 5.97. The molecule has 0 saturated carbocycles. The molecule has 0 unspecified atom stereocenters. The van der Waals surface area contributed by atoms with E-state index in [1.807, 2.05) is 0 Å². The van der Waals surface area contributed by atoms with Crippen LogP contribution in [0.3, 0.4) is 0 Å². The van der Waals surface area contributed by atoms with E-state index in [1.54, 1.807) is 30.3 Å². The summed E-state index contributed by atoms with van der Waals surface area (Å²) in [6, 6.07) is 11.0. The lowest BCUT2D eigenvalue weighted by molar-refractivity contribution is 0.0696. The molecule has 0 aliphatic rings. The highest BCUT2D eigenvalue weighted by molar-refractivity contribution is 5.88. The first-order valence-corrected chi connectivity index (χ1v) is 5.92. The van der Waals surface area contributed by atoms with Crippen LogP contribution in [0.2, 0.25) is 0 Å². The average Bonchev–Trinajstić information content (AvgIpc) is 2.46. The zero-order chi connectivity index (χ0) is 14.5. The molecule has 0 amide bonds. The third-order valence-corrected chi connectivity index (χ3v) is 2.74. The molecular formula is C15H14O5. The van der Waals surface area contributed by atoms with Crippen LogP contribution in [0.4, 0.5) is 0 Å². The molecule has 20 heavy (non-hydrogen) atoms. The van der Waals surface area contributed by atoms with Gasteiger partial charge in [-0.1, -0.05) is 12.1 Å². The Hall–Kier alpha value is -2.69. The fourth-order valence-corrected chi connectivity index (χ4v) is 1.68. The van der Waals surface area contributed by atoms with E-state index in [4.69, 9.17) is 14.6 Å². The minimum absolute atomic E-state index is 0.131. The van der Waals surface area contributed by atoms with Gasteiger partial charge >= 0.3 is 5.97 Å². The highest BCUT2D eigenvalue weighted by Crippen LogP contribution is 2.29. The lowest BCUT2D eigenvalue weighted by Gasteiger charge is -2.11. The van der Waals surface area contributed by atoms with Crippen molar-refractivity contribution < 1.29 is 24.5 Å². The van der Waals surface area contributed by atoms with Crippen LogP contribution in [0.15, 0.2) is 42.5 Å². The van der Waals surface area contributed by atoms with Gasteiger partial charge in [-0.25, -0.2) is 4.79 Å². The van der Waals surface area contributed by atoms with Crippen molar-refractivity contribution in [3.8, 4) is 17.2 Å². The fourth-order valence-electron chi connectivity index (χ4n) is 1.68. The molecule has 0 radical (unpaired) electrons. The molecule has 0 fully saturated rings. The summed E-state index contributed by atoms with van der Waals surface area (Å²) in [6.45, 7) is 0.250. The van der Waals surface area contributed by atoms with Gasteiger partial charge in [0.2, 0.25) is 0 Å². The Balaban J connectivity index is 2.16. The Kier molecular flexibility index (Phi) is 4.10. The maximum absolute atomic E-state index is 10.9. The summed E-state index contributed by atoms with van der Waals surface area (Å²) in [7, 11) is 1.49. The molecule has 2 N–H and O–H groups in total. The van der Waals surface area contributed by atoms with Crippen molar-refractivity contribution in [3.05, 3.63) is 53.6 Å². The van der Waals surface area contributed by atoms with E-state index in [1.165, 1.54) is 19.2 Å². The van der Waals surface area contributed by atoms with Gasteiger partial charge in [0, 0.05) is 0 Å². The molecule has 0 heterocycles. The van der Waals surface area contributed by atoms with Crippen molar-refractivity contribution >= 4 is 5.97 Å². The van der Waals surface area contributed by atoms with Crippen molar-refractivity contribution in [1.82, 2.24) is 0 Å². The smallest absolute Gasteiger partial charge is 0.335 e. The summed E-state index contributed by atoms with van der Waals surface area (Å²) in [5.41, 5.74) is 0.983. The van der Waals surface area contributed by atoms with Gasteiger partial charge in [0.15, 0.2) is 11.5 Å². The van der Waals surface area contributed by atoms with Crippen LogP contribution in [-0.4, -0.2) is 23.3 Å². The van der Waals surface area contributed by atoms with Crippen LogP contribution in [-0.2, 0) is 6.61 Å². The Morgan fingerprint density at radius 1 is 1.10 bits per heavy atom. The van der Waals surface area contributed by atoms with E-state index < -0.39 is 5.97 Å². The highest BCUT2D eigenvalue weighted by Gasteiger charge is 2.10. The number of phenols is 1. The Morgan fingerprint density at radius 2 is 1.80 bits per heavy atom. The van der Waals surface area contributed by atoms with Crippen LogP contribution in [0, 0.1) is 0 Å². The van der Waals surface area contributed by atoms with Crippen LogP contribution in [0.5, 0.6) is 17.2 Å². The van der Waals surface area contributed by atoms with Crippen molar-refractivity contribution in [2.24, 2.45) is 0 Å². The quantitative estimate of drug-likeness (QED) is 0.876. The first-order chi connectivity index (χ1) is 9.60. The second-order valence-corrected chi connectivity index (χ2v) is 4.13. The first kappa shape index (κ1) is 13.7. The SMILES string of the molecule is COc1ccc(C(=O)O)cc1OCc1ccc(O)cc1. The lowest BCUT2D eigenvalue weighted by Crippen LogP contribution is -2.01. The van der Waals surface area contributed by atoms with Crippen LogP contribution in [0.1, 0.15) is 15.9 Å². The van der Waals surface area contributed by atoms with Gasteiger partial charge in [-0.15, -0.1) is 0 Å². The molecule has 0 saturated heterocycles. The Bertz CT molecular complexity index is 604. The topological polar surface area (TPSA) is 76.0 Å². The van der Waals surface area contributed by atoms with E-state index >= 15 is 0 Å². The number of hydrogen-bond acceptors (Lipinski definition) is 4. The monoisotopic (exact) mass is 274 g/mol. The molecule has 104 valence electrons. The molecule has 2 rings (SSSR count). The van der Waals surface area contributed by atoms with E-state index in [2.05, 4.69) is 0 Å². The van der Waals surface area contributed by atoms with Gasteiger partial charge in [-0.3, -0.25) is 0 Å². The molecule has 0 spiro atoms. The molecule has 5 nitrogen and oxygen atoms in total. The summed E-state index contributed by atoms with van der Waals surface area (Å²) in [4.78, 5) is 10.9. The number of carboxylic acids is 1. The third kappa shape index (κ3) is 3.20. The van der Waals surface area contributed by atoms with E-state index in [0.29, 0.717) is 11.5 Å². The minimum atomic E-state index is -1.03. The van der Waals surface area contributed by atoms with Gasteiger partial charge in [0.25, 0.3) is 0 Å². The van der Waals surface area contributed by atoms with Gasteiger partial charge in [-0.05, 0) is 35.9 Å². The summed E-state index contributed by atoms with van der Waals surface area (Å²) in [6.07, 6.45) is 0. The first-order valence-electron chi connectivity index (χ1n) is 5.92. The molecule has 2 aromatic carbocycles. The zero-order valence-electron chi connectivity index (χ0n) is 10.9. The Morgan fingerprint density at radius 3 is 2.40 bits per heavy atom. The number of phenolic OH excluding ortho intramolecular Hbond substituents is 1. The summed E-state index contributed by atoms with van der Waals surface area (Å²) in [5.74, 6) is -0.0180. The average molecular weight is 274 g/mol. The van der Waals surface area contributed by atoms with Crippen molar-refractivity contribution in [1.29, 1.82) is 0 Å². The molecular weight excluding hydrogens is 260 g/mol. The van der Waals surface area contributed by atoms with E-state index in [-0.39, 0.29) is 17.9 Å². The normalized spacial score (nSPS) is 10.1. The summed E-state index contributed by atoms with van der Waals surface area (Å²) >= 11 is 0. The molecule has 2 aromatic rings. The standard InChI is InChI=1S/C15H14O5/c1-19-13-7-4-11(15(17)18)8-14(13)20-9-10-2-5-12(16)6-3-10/h2-8,16H,9H2,1H3,(H,17,18). The van der Waals surface area contributed by atoms with Gasteiger partial charge in [0.05, 0.1) is 12.7 Å². The van der Waals surface area contributed by atoms with Crippen LogP contribution < -0.4 is 9.47 Å². The number of aromatic hydroxyl groups is 1. The predicted octanol–water partition coefficient (Wildman–Crippen LogP) is 2.68. The molecule has 0 aliphatic carbocycles. The van der Waals surface area contributed by atoms with Gasteiger partial charge < -0.3 is 19.7 Å². The zero-order valence-corrected chi connectivity index (χ0v) is 10.9. The number of aromatic carboxylic acids is 1. The minimum Gasteiger partial charge on any atom is -0.508 e. The molecule has 0 bridgehead atoms. The van der Waals surface area contributed by atoms with Crippen LogP contribution in [0.25, 0.3) is 0 Å². The maximum atomic E-state index is 10.9. The molecule has 0 aromatic heterocycles. The number of carbonyl (C=O) groups is 1. The summed E-state index contributed by atoms with van der Waals surface area (Å²) in [5, 5.41) is 18.2. The van der Waals surface area contributed by atoms with Crippen molar-refractivity contribution in [2.45, 2.75) is 6.61 Å². The number of ether oxygens (including phenoxy) is 2. The Labute approximate surface area is 116 Å². The number of hydrogen-bond donors (Lipinski definition) is 2. The number of rotatable bonds is 5. The number of methoxy groups -OCH3 is 1. The van der Waals surface area contributed by atoms with Crippen molar-refractivity contribution in [2.75, 3.05) is 7.11 Å². The molecule has 0 aliphatic heterocycles. The van der Waals surface area contributed by atoms with E-state index in [9.17, 15) is 9.90 Å². The van der Waals surface area contributed by atoms with Crippen LogP contribution >= 0.6 is 0 Å². The van der Waals surface area contributed by atoms with Gasteiger partial charge in [-0.2, -0.15) is 0 Å². The fraction of sp³-hybridized carbons (Fsp3) is 0.133. The number of carboxylic acid groups (broad SMARTS) is 1. The molecule has 5 heteroatoms.